The second kappa shape index (κ2) is 3.88. The van der Waals surface area contributed by atoms with E-state index >= 15 is 0 Å². The van der Waals surface area contributed by atoms with Gasteiger partial charge in [0.2, 0.25) is 0 Å². The zero-order valence-electron chi connectivity index (χ0n) is 7.58. The zero-order chi connectivity index (χ0) is 8.27. The van der Waals surface area contributed by atoms with Gasteiger partial charge < -0.3 is 4.90 Å². The third-order valence-electron chi connectivity index (χ3n) is 2.33. The molecule has 0 spiro atoms. The predicted molar refractivity (Wildman–Crippen MR) is 48.7 cm³/mol. The Labute approximate surface area is 69.5 Å². The quantitative estimate of drug-likeness (QED) is 0.543. The molecule has 1 fully saturated rings. The van der Waals surface area contributed by atoms with Gasteiger partial charge in [-0.05, 0) is 14.0 Å². The molecule has 64 valence electrons. The molecule has 1 unspecified atom stereocenters. The van der Waals surface area contributed by atoms with Gasteiger partial charge in [-0.1, -0.05) is 6.08 Å². The average Bonchev–Trinajstić information content (AvgIpc) is 1.95. The van der Waals surface area contributed by atoms with Gasteiger partial charge in [-0.2, -0.15) is 0 Å². The first-order valence-corrected chi connectivity index (χ1v) is 4.27. The number of likely N-dealkylation sites (N-methyl/N-ethyl adjacent to an activating group) is 1. The summed E-state index contributed by atoms with van der Waals surface area (Å²) < 4.78 is 0. The van der Waals surface area contributed by atoms with E-state index in [0.29, 0.717) is 6.04 Å². The van der Waals surface area contributed by atoms with E-state index in [1.807, 2.05) is 6.08 Å². The van der Waals surface area contributed by atoms with Crippen molar-refractivity contribution in [2.45, 2.75) is 13.0 Å². The van der Waals surface area contributed by atoms with E-state index in [0.717, 1.165) is 6.54 Å². The highest BCUT2D eigenvalue weighted by molar-refractivity contribution is 4.82. The third-order valence-corrected chi connectivity index (χ3v) is 2.33. The standard InChI is InChI=1S/C9H18N2/c1-4-5-11-7-6-10(3)8-9(11)2/h4,9H,1,5-8H2,2-3H3. The lowest BCUT2D eigenvalue weighted by Gasteiger charge is -2.37. The highest BCUT2D eigenvalue weighted by Crippen LogP contribution is 2.06. The fourth-order valence-electron chi connectivity index (χ4n) is 1.61. The van der Waals surface area contributed by atoms with Crippen LogP contribution in [-0.2, 0) is 0 Å². The molecule has 1 saturated heterocycles. The second-order valence-electron chi connectivity index (χ2n) is 3.39. The van der Waals surface area contributed by atoms with E-state index in [1.165, 1.54) is 19.6 Å². The van der Waals surface area contributed by atoms with Gasteiger partial charge in [0.15, 0.2) is 0 Å². The molecule has 0 aromatic rings. The summed E-state index contributed by atoms with van der Waals surface area (Å²) in [6, 6.07) is 0.687. The van der Waals surface area contributed by atoms with Crippen molar-refractivity contribution in [3.05, 3.63) is 12.7 Å². The van der Waals surface area contributed by atoms with E-state index in [1.54, 1.807) is 0 Å². The molecule has 0 N–H and O–H groups in total. The predicted octanol–water partition coefficient (Wildman–Crippen LogP) is 0.808. The molecule has 11 heavy (non-hydrogen) atoms. The fourth-order valence-corrected chi connectivity index (χ4v) is 1.61. The van der Waals surface area contributed by atoms with Crippen LogP contribution in [0.3, 0.4) is 0 Å². The summed E-state index contributed by atoms with van der Waals surface area (Å²) in [4.78, 5) is 4.84. The SMILES string of the molecule is C=CCN1CCN(C)CC1C. The van der Waals surface area contributed by atoms with Crippen LogP contribution in [0.5, 0.6) is 0 Å². The van der Waals surface area contributed by atoms with Crippen LogP contribution in [0.15, 0.2) is 12.7 Å². The van der Waals surface area contributed by atoms with Crippen molar-refractivity contribution in [2.75, 3.05) is 33.2 Å². The molecule has 1 atom stereocenters. The number of nitrogens with zero attached hydrogens (tertiary/aromatic N) is 2. The van der Waals surface area contributed by atoms with Gasteiger partial charge in [0.05, 0.1) is 0 Å². The van der Waals surface area contributed by atoms with Crippen LogP contribution in [0.2, 0.25) is 0 Å². The van der Waals surface area contributed by atoms with Crippen LogP contribution in [0.4, 0.5) is 0 Å². The minimum atomic E-state index is 0.687. The first-order chi connectivity index (χ1) is 5.24. The molecule has 1 aliphatic heterocycles. The minimum Gasteiger partial charge on any atom is -0.304 e. The molecule has 0 aromatic carbocycles. The molecule has 0 aromatic heterocycles. The van der Waals surface area contributed by atoms with E-state index in [2.05, 4.69) is 30.4 Å². The normalized spacial score (nSPS) is 28.7. The Morgan fingerprint density at radius 3 is 2.82 bits per heavy atom. The van der Waals surface area contributed by atoms with E-state index in [9.17, 15) is 0 Å². The Balaban J connectivity index is 2.37. The summed E-state index contributed by atoms with van der Waals surface area (Å²) in [7, 11) is 2.18. The van der Waals surface area contributed by atoms with Gasteiger partial charge in [-0.25, -0.2) is 0 Å². The molecule has 0 bridgehead atoms. The molecular weight excluding hydrogens is 136 g/mol. The maximum atomic E-state index is 3.75. The Bertz CT molecular complexity index is 134. The van der Waals surface area contributed by atoms with Crippen molar-refractivity contribution < 1.29 is 0 Å². The monoisotopic (exact) mass is 154 g/mol. The van der Waals surface area contributed by atoms with Gasteiger partial charge >= 0.3 is 0 Å². The molecule has 0 aliphatic carbocycles. The van der Waals surface area contributed by atoms with Gasteiger partial charge in [0.25, 0.3) is 0 Å². The van der Waals surface area contributed by atoms with Crippen molar-refractivity contribution in [1.82, 2.24) is 9.80 Å². The average molecular weight is 154 g/mol. The molecule has 1 rings (SSSR count). The van der Waals surface area contributed by atoms with Crippen molar-refractivity contribution in [3.8, 4) is 0 Å². The molecule has 0 saturated carbocycles. The molecule has 0 radical (unpaired) electrons. The highest BCUT2D eigenvalue weighted by Gasteiger charge is 2.19. The molecule has 2 nitrogen and oxygen atoms in total. The lowest BCUT2D eigenvalue weighted by molar-refractivity contribution is 0.112. The summed E-state index contributed by atoms with van der Waals surface area (Å²) in [5, 5.41) is 0. The minimum absolute atomic E-state index is 0.687. The molecule has 1 aliphatic rings. The van der Waals surface area contributed by atoms with E-state index in [4.69, 9.17) is 0 Å². The van der Waals surface area contributed by atoms with Gasteiger partial charge in [0.1, 0.15) is 0 Å². The largest absolute Gasteiger partial charge is 0.304 e. The third kappa shape index (κ3) is 2.31. The second-order valence-corrected chi connectivity index (χ2v) is 3.39. The molecule has 0 amide bonds. The van der Waals surface area contributed by atoms with Crippen molar-refractivity contribution in [1.29, 1.82) is 0 Å². The van der Waals surface area contributed by atoms with Gasteiger partial charge in [-0.3, -0.25) is 4.90 Å². The number of hydrogen-bond donors (Lipinski definition) is 0. The Hall–Kier alpha value is -0.340. The van der Waals surface area contributed by atoms with E-state index in [-0.39, 0.29) is 0 Å². The number of rotatable bonds is 2. The summed E-state index contributed by atoms with van der Waals surface area (Å²) in [6.07, 6.45) is 1.99. The number of hydrogen-bond acceptors (Lipinski definition) is 2. The van der Waals surface area contributed by atoms with Gasteiger partial charge in [0, 0.05) is 32.2 Å². The lowest BCUT2D eigenvalue weighted by Crippen LogP contribution is -2.50. The zero-order valence-corrected chi connectivity index (χ0v) is 7.58. The van der Waals surface area contributed by atoms with Crippen LogP contribution < -0.4 is 0 Å². The number of piperazine rings is 1. The van der Waals surface area contributed by atoms with E-state index < -0.39 is 0 Å². The summed E-state index contributed by atoms with van der Waals surface area (Å²) in [5.74, 6) is 0. The lowest BCUT2D eigenvalue weighted by atomic mass is 10.2. The maximum absolute atomic E-state index is 3.75. The summed E-state index contributed by atoms with van der Waals surface area (Å²) >= 11 is 0. The van der Waals surface area contributed by atoms with Crippen LogP contribution in [0.1, 0.15) is 6.92 Å². The summed E-state index contributed by atoms with van der Waals surface area (Å²) in [6.45, 7) is 10.6. The fraction of sp³-hybridized carbons (Fsp3) is 0.778. The first kappa shape index (κ1) is 8.75. The Morgan fingerprint density at radius 1 is 1.55 bits per heavy atom. The molecule has 2 heteroatoms. The Morgan fingerprint density at radius 2 is 2.27 bits per heavy atom. The van der Waals surface area contributed by atoms with Crippen molar-refractivity contribution in [2.24, 2.45) is 0 Å². The first-order valence-electron chi connectivity index (χ1n) is 4.27. The maximum Gasteiger partial charge on any atom is 0.0198 e. The highest BCUT2D eigenvalue weighted by atomic mass is 15.3. The Kier molecular flexibility index (Phi) is 3.09. The van der Waals surface area contributed by atoms with Crippen molar-refractivity contribution in [3.63, 3.8) is 0 Å². The smallest absolute Gasteiger partial charge is 0.0198 e. The van der Waals surface area contributed by atoms with Crippen LogP contribution in [0, 0.1) is 0 Å². The van der Waals surface area contributed by atoms with Crippen molar-refractivity contribution >= 4 is 0 Å². The van der Waals surface area contributed by atoms with Crippen LogP contribution in [0.25, 0.3) is 0 Å². The van der Waals surface area contributed by atoms with Crippen LogP contribution >= 0.6 is 0 Å². The van der Waals surface area contributed by atoms with Crippen LogP contribution in [-0.4, -0.2) is 49.1 Å². The topological polar surface area (TPSA) is 6.48 Å². The summed E-state index contributed by atoms with van der Waals surface area (Å²) in [5.41, 5.74) is 0. The molecular formula is C9H18N2. The molecule has 1 heterocycles. The van der Waals surface area contributed by atoms with Gasteiger partial charge in [-0.15, -0.1) is 6.58 Å².